The summed E-state index contributed by atoms with van der Waals surface area (Å²) in [5.74, 6) is 1.43. The summed E-state index contributed by atoms with van der Waals surface area (Å²) < 4.78 is 0. The van der Waals surface area contributed by atoms with Gasteiger partial charge in [0.2, 0.25) is 0 Å². The summed E-state index contributed by atoms with van der Waals surface area (Å²) in [5.41, 5.74) is 1.09. The lowest BCUT2D eigenvalue weighted by molar-refractivity contribution is 0.0950. The molecule has 0 aliphatic carbocycles. The predicted octanol–water partition coefficient (Wildman–Crippen LogP) is 1.50. The fourth-order valence-electron chi connectivity index (χ4n) is 3.07. The lowest BCUT2D eigenvalue weighted by atomic mass is 10.3. The fraction of sp³-hybridized carbons (Fsp3) is 0.316. The van der Waals surface area contributed by atoms with Crippen LogP contribution >= 0.6 is 0 Å². The van der Waals surface area contributed by atoms with Gasteiger partial charge in [-0.2, -0.15) is 9.90 Å². The van der Waals surface area contributed by atoms with Crippen LogP contribution in [-0.2, 0) is 0 Å². The van der Waals surface area contributed by atoms with Crippen LogP contribution in [0, 0.1) is 0 Å². The molecule has 1 aromatic carbocycles. The van der Waals surface area contributed by atoms with E-state index in [9.17, 15) is 4.79 Å². The Bertz CT molecular complexity index is 920. The highest BCUT2D eigenvalue weighted by Crippen LogP contribution is 2.18. The molecule has 1 aliphatic rings. The van der Waals surface area contributed by atoms with Gasteiger partial charge in [-0.1, -0.05) is 18.2 Å². The molecule has 3 aromatic rings. The Labute approximate surface area is 162 Å². The van der Waals surface area contributed by atoms with E-state index in [4.69, 9.17) is 0 Å². The zero-order chi connectivity index (χ0) is 19.2. The van der Waals surface area contributed by atoms with E-state index in [1.54, 1.807) is 6.33 Å². The van der Waals surface area contributed by atoms with Crippen molar-refractivity contribution in [1.82, 2.24) is 30.3 Å². The van der Waals surface area contributed by atoms with Crippen LogP contribution < -0.4 is 15.5 Å². The molecule has 0 radical (unpaired) electrons. The van der Waals surface area contributed by atoms with E-state index < -0.39 is 0 Å². The van der Waals surface area contributed by atoms with Gasteiger partial charge in [0.25, 0.3) is 5.91 Å². The number of rotatable bonds is 7. The molecule has 1 saturated heterocycles. The molecule has 9 heteroatoms. The molecule has 1 amide bonds. The smallest absolute Gasteiger partial charge is 0.273 e. The van der Waals surface area contributed by atoms with Gasteiger partial charge in [-0.25, -0.2) is 9.97 Å². The average molecular weight is 378 g/mol. The van der Waals surface area contributed by atoms with Crippen LogP contribution in [0.4, 0.5) is 11.6 Å². The molecule has 3 heterocycles. The molecule has 144 valence electrons. The molecule has 9 nitrogen and oxygen atoms in total. The topological polar surface area (TPSA) is 101 Å². The van der Waals surface area contributed by atoms with Gasteiger partial charge >= 0.3 is 0 Å². The highest BCUT2D eigenvalue weighted by Gasteiger charge is 2.14. The van der Waals surface area contributed by atoms with Crippen molar-refractivity contribution in [2.45, 2.75) is 12.8 Å². The van der Waals surface area contributed by atoms with Crippen molar-refractivity contribution >= 4 is 17.5 Å². The van der Waals surface area contributed by atoms with Crippen molar-refractivity contribution < 1.29 is 4.79 Å². The lowest BCUT2D eigenvalue weighted by Crippen LogP contribution is -2.29. The highest BCUT2D eigenvalue weighted by molar-refractivity contribution is 5.91. The molecule has 0 atom stereocenters. The Morgan fingerprint density at radius 2 is 1.89 bits per heavy atom. The second-order valence-electron chi connectivity index (χ2n) is 6.49. The first-order valence-corrected chi connectivity index (χ1v) is 9.36. The van der Waals surface area contributed by atoms with Gasteiger partial charge in [-0.15, -0.1) is 5.10 Å². The Morgan fingerprint density at radius 3 is 2.71 bits per heavy atom. The number of nitrogens with zero attached hydrogens (tertiary/aromatic N) is 6. The van der Waals surface area contributed by atoms with E-state index in [-0.39, 0.29) is 11.6 Å². The summed E-state index contributed by atoms with van der Waals surface area (Å²) in [6.07, 6.45) is 5.43. The van der Waals surface area contributed by atoms with E-state index in [0.717, 1.165) is 30.4 Å². The number of hydrogen-bond donors (Lipinski definition) is 2. The molecular weight excluding hydrogens is 356 g/mol. The number of anilines is 2. The third kappa shape index (κ3) is 4.25. The zero-order valence-corrected chi connectivity index (χ0v) is 15.5. The highest BCUT2D eigenvalue weighted by atomic mass is 16.2. The first kappa shape index (κ1) is 17.9. The molecule has 1 fully saturated rings. The minimum absolute atomic E-state index is 0.260. The van der Waals surface area contributed by atoms with Crippen molar-refractivity contribution in [3.63, 3.8) is 0 Å². The van der Waals surface area contributed by atoms with Crippen LogP contribution in [0.25, 0.3) is 5.69 Å². The van der Waals surface area contributed by atoms with Crippen LogP contribution in [0.2, 0.25) is 0 Å². The molecule has 28 heavy (non-hydrogen) atoms. The van der Waals surface area contributed by atoms with Gasteiger partial charge in [0, 0.05) is 32.2 Å². The number of nitrogens with one attached hydrogen (secondary N) is 2. The Kier molecular flexibility index (Phi) is 5.41. The van der Waals surface area contributed by atoms with E-state index in [2.05, 4.69) is 35.7 Å². The SMILES string of the molecule is O=C(NCCNc1cc(N2CCCC2)ncn1)c1cnn(-c2ccccc2)n1. The Morgan fingerprint density at radius 1 is 1.07 bits per heavy atom. The average Bonchev–Trinajstić information content (AvgIpc) is 3.44. The van der Waals surface area contributed by atoms with E-state index in [0.29, 0.717) is 13.1 Å². The minimum atomic E-state index is -0.260. The van der Waals surface area contributed by atoms with Crippen LogP contribution in [0.15, 0.2) is 48.9 Å². The fourth-order valence-corrected chi connectivity index (χ4v) is 3.07. The number of carbonyl (C=O) groups is 1. The maximum absolute atomic E-state index is 12.2. The van der Waals surface area contributed by atoms with Gasteiger partial charge in [0.1, 0.15) is 18.0 Å². The normalized spacial score (nSPS) is 13.5. The standard InChI is InChI=1S/C19H22N8O/c28-19(16-13-24-27(25-16)15-6-2-1-3-7-15)21-9-8-20-17-12-18(23-14-22-17)26-10-4-5-11-26/h1-3,6-7,12-14H,4-5,8-11H2,(H,21,28)(H,20,22,23). The summed E-state index contributed by atoms with van der Waals surface area (Å²) in [6, 6.07) is 11.4. The van der Waals surface area contributed by atoms with Crippen LogP contribution in [-0.4, -0.2) is 57.0 Å². The summed E-state index contributed by atoms with van der Waals surface area (Å²) >= 11 is 0. The first-order chi connectivity index (χ1) is 13.8. The molecule has 2 aromatic heterocycles. The number of benzene rings is 1. The molecule has 0 saturated carbocycles. The molecular formula is C19H22N8O. The lowest BCUT2D eigenvalue weighted by Gasteiger charge is -2.16. The minimum Gasteiger partial charge on any atom is -0.368 e. The van der Waals surface area contributed by atoms with E-state index in [1.807, 2.05) is 36.4 Å². The second-order valence-corrected chi connectivity index (χ2v) is 6.49. The van der Waals surface area contributed by atoms with Gasteiger partial charge in [0.15, 0.2) is 5.69 Å². The summed E-state index contributed by atoms with van der Waals surface area (Å²) in [7, 11) is 0. The van der Waals surface area contributed by atoms with Crippen molar-refractivity contribution in [2.75, 3.05) is 36.4 Å². The molecule has 0 unspecified atom stereocenters. The monoisotopic (exact) mass is 378 g/mol. The summed E-state index contributed by atoms with van der Waals surface area (Å²) in [5, 5.41) is 14.4. The first-order valence-electron chi connectivity index (χ1n) is 9.36. The maximum atomic E-state index is 12.2. The van der Waals surface area contributed by atoms with Crippen LogP contribution in [0.1, 0.15) is 23.3 Å². The summed E-state index contributed by atoms with van der Waals surface area (Å²) in [4.78, 5) is 24.5. The number of amides is 1. The molecule has 1 aliphatic heterocycles. The van der Waals surface area contributed by atoms with Crippen molar-refractivity contribution in [3.8, 4) is 5.69 Å². The number of aromatic nitrogens is 5. The zero-order valence-electron chi connectivity index (χ0n) is 15.5. The van der Waals surface area contributed by atoms with Crippen molar-refractivity contribution in [3.05, 3.63) is 54.6 Å². The summed E-state index contributed by atoms with van der Waals surface area (Å²) in [6.45, 7) is 3.07. The van der Waals surface area contributed by atoms with Gasteiger partial charge in [-0.05, 0) is 25.0 Å². The van der Waals surface area contributed by atoms with Crippen molar-refractivity contribution in [1.29, 1.82) is 0 Å². The molecule has 0 bridgehead atoms. The number of carbonyl (C=O) groups excluding carboxylic acids is 1. The largest absolute Gasteiger partial charge is 0.368 e. The quantitative estimate of drug-likeness (QED) is 0.601. The van der Waals surface area contributed by atoms with Crippen molar-refractivity contribution in [2.24, 2.45) is 0 Å². The molecule has 0 spiro atoms. The molecule has 2 N–H and O–H groups in total. The Hall–Kier alpha value is -3.49. The number of para-hydroxylation sites is 1. The maximum Gasteiger partial charge on any atom is 0.273 e. The van der Waals surface area contributed by atoms with Gasteiger partial charge < -0.3 is 15.5 Å². The van der Waals surface area contributed by atoms with Gasteiger partial charge in [0.05, 0.1) is 11.9 Å². The van der Waals surface area contributed by atoms with Gasteiger partial charge in [-0.3, -0.25) is 4.79 Å². The van der Waals surface area contributed by atoms with E-state index in [1.165, 1.54) is 23.8 Å². The predicted molar refractivity (Wildman–Crippen MR) is 106 cm³/mol. The van der Waals surface area contributed by atoms with Crippen LogP contribution in [0.5, 0.6) is 0 Å². The second kappa shape index (κ2) is 8.47. The van der Waals surface area contributed by atoms with Crippen LogP contribution in [0.3, 0.4) is 0 Å². The third-order valence-corrected chi connectivity index (χ3v) is 4.51. The van der Waals surface area contributed by atoms with E-state index >= 15 is 0 Å². The molecule has 4 rings (SSSR count). The Balaban J connectivity index is 1.26. The number of hydrogen-bond acceptors (Lipinski definition) is 7. The third-order valence-electron chi connectivity index (χ3n) is 4.51.